The SMILES string of the molecule is CONC(=Cn1cnc2cc([N+](=O)[O-])c(C)cc21)COc1cccc(C(F)(F)F)c1. The van der Waals surface area contributed by atoms with E-state index >= 15 is 0 Å². The summed E-state index contributed by atoms with van der Waals surface area (Å²) < 4.78 is 45.6. The van der Waals surface area contributed by atoms with E-state index in [0.717, 1.165) is 12.1 Å². The topological polar surface area (TPSA) is 91.5 Å². The second-order valence-corrected chi connectivity index (χ2v) is 6.31. The average molecular weight is 422 g/mol. The quantitative estimate of drug-likeness (QED) is 0.451. The van der Waals surface area contributed by atoms with Crippen molar-refractivity contribution in [3.8, 4) is 5.75 Å². The van der Waals surface area contributed by atoms with E-state index in [1.807, 2.05) is 0 Å². The molecule has 1 N–H and O–H groups in total. The highest BCUT2D eigenvalue weighted by atomic mass is 19.4. The molecule has 0 aliphatic heterocycles. The van der Waals surface area contributed by atoms with E-state index in [0.29, 0.717) is 22.3 Å². The van der Waals surface area contributed by atoms with Gasteiger partial charge in [0.1, 0.15) is 12.4 Å². The van der Waals surface area contributed by atoms with E-state index in [1.54, 1.807) is 23.8 Å². The molecular formula is C19H17F3N4O4. The number of aromatic nitrogens is 2. The first kappa shape index (κ1) is 21.1. The molecule has 1 aromatic heterocycles. The number of aryl methyl sites for hydroxylation is 1. The van der Waals surface area contributed by atoms with Gasteiger partial charge in [-0.2, -0.15) is 13.2 Å². The van der Waals surface area contributed by atoms with Gasteiger partial charge in [-0.15, -0.1) is 0 Å². The predicted molar refractivity (Wildman–Crippen MR) is 102 cm³/mol. The van der Waals surface area contributed by atoms with Crippen molar-refractivity contribution >= 4 is 22.9 Å². The largest absolute Gasteiger partial charge is 0.487 e. The predicted octanol–water partition coefficient (Wildman–Crippen LogP) is 4.30. The molecular weight excluding hydrogens is 405 g/mol. The lowest BCUT2D eigenvalue weighted by atomic mass is 10.2. The Labute approximate surface area is 168 Å². The Hall–Kier alpha value is -3.60. The number of imidazole rings is 1. The number of nitro groups is 1. The van der Waals surface area contributed by atoms with Gasteiger partial charge in [-0.3, -0.25) is 20.4 Å². The zero-order chi connectivity index (χ0) is 21.9. The molecule has 11 heteroatoms. The molecule has 0 fully saturated rings. The van der Waals surface area contributed by atoms with Gasteiger partial charge in [-0.1, -0.05) is 6.07 Å². The average Bonchev–Trinajstić information content (AvgIpc) is 3.06. The lowest BCUT2D eigenvalue weighted by molar-refractivity contribution is -0.385. The van der Waals surface area contributed by atoms with Crippen LogP contribution in [0.3, 0.4) is 0 Å². The van der Waals surface area contributed by atoms with Crippen LogP contribution >= 0.6 is 0 Å². The van der Waals surface area contributed by atoms with E-state index < -0.39 is 16.7 Å². The van der Waals surface area contributed by atoms with Gasteiger partial charge in [0, 0.05) is 17.8 Å². The normalized spacial score (nSPS) is 12.2. The first-order chi connectivity index (χ1) is 14.2. The van der Waals surface area contributed by atoms with Crippen LogP contribution in [0.15, 0.2) is 48.4 Å². The summed E-state index contributed by atoms with van der Waals surface area (Å²) in [5, 5.41) is 11.1. The van der Waals surface area contributed by atoms with Crippen molar-refractivity contribution in [3.05, 3.63) is 69.7 Å². The highest BCUT2D eigenvalue weighted by Crippen LogP contribution is 2.31. The summed E-state index contributed by atoms with van der Waals surface area (Å²) in [5.41, 5.74) is 3.61. The van der Waals surface area contributed by atoms with Crippen molar-refractivity contribution in [3.63, 3.8) is 0 Å². The van der Waals surface area contributed by atoms with Gasteiger partial charge >= 0.3 is 6.18 Å². The van der Waals surface area contributed by atoms with Crippen LogP contribution in [0.1, 0.15) is 11.1 Å². The number of hydrogen-bond donors (Lipinski definition) is 1. The molecule has 0 unspecified atom stereocenters. The summed E-state index contributed by atoms with van der Waals surface area (Å²) in [6.07, 6.45) is -1.45. The number of alkyl halides is 3. The van der Waals surface area contributed by atoms with E-state index in [-0.39, 0.29) is 18.0 Å². The lowest BCUT2D eigenvalue weighted by Gasteiger charge is -2.13. The molecule has 0 bridgehead atoms. The third kappa shape index (κ3) is 4.69. The van der Waals surface area contributed by atoms with Crippen LogP contribution in [-0.4, -0.2) is 28.2 Å². The Kier molecular flexibility index (Phi) is 5.92. The van der Waals surface area contributed by atoms with E-state index in [1.165, 1.54) is 31.6 Å². The fourth-order valence-corrected chi connectivity index (χ4v) is 2.78. The van der Waals surface area contributed by atoms with Gasteiger partial charge < -0.3 is 9.30 Å². The molecule has 3 aromatic rings. The molecule has 0 amide bonds. The zero-order valence-corrected chi connectivity index (χ0v) is 15.9. The smallest absolute Gasteiger partial charge is 0.416 e. The van der Waals surface area contributed by atoms with Crippen molar-refractivity contribution in [2.75, 3.05) is 13.7 Å². The Morgan fingerprint density at radius 2 is 2.10 bits per heavy atom. The number of hydrogen-bond acceptors (Lipinski definition) is 6. The second-order valence-electron chi connectivity index (χ2n) is 6.31. The summed E-state index contributed by atoms with van der Waals surface area (Å²) in [7, 11) is 1.37. The third-order valence-electron chi connectivity index (χ3n) is 4.17. The number of nitrogens with zero attached hydrogens (tertiary/aromatic N) is 3. The summed E-state index contributed by atoms with van der Waals surface area (Å²) in [5.74, 6) is 0.0376. The van der Waals surface area contributed by atoms with Crippen molar-refractivity contribution in [2.45, 2.75) is 13.1 Å². The van der Waals surface area contributed by atoms with E-state index in [2.05, 4.69) is 10.5 Å². The molecule has 158 valence electrons. The minimum atomic E-state index is -4.47. The van der Waals surface area contributed by atoms with Gasteiger partial charge in [0.15, 0.2) is 0 Å². The number of halogens is 3. The number of nitrogens with one attached hydrogen (secondary N) is 1. The lowest BCUT2D eigenvalue weighted by Crippen LogP contribution is -2.18. The van der Waals surface area contributed by atoms with Crippen LogP contribution in [0.25, 0.3) is 17.2 Å². The molecule has 30 heavy (non-hydrogen) atoms. The number of rotatable bonds is 7. The third-order valence-corrected chi connectivity index (χ3v) is 4.17. The van der Waals surface area contributed by atoms with Crippen LogP contribution in [0.4, 0.5) is 18.9 Å². The maximum absolute atomic E-state index is 12.8. The first-order valence-electron chi connectivity index (χ1n) is 8.60. The minimum absolute atomic E-state index is 0.0376. The summed E-state index contributed by atoms with van der Waals surface area (Å²) in [6.45, 7) is 1.49. The molecule has 0 aliphatic rings. The van der Waals surface area contributed by atoms with Gasteiger partial charge in [-0.25, -0.2) is 4.98 Å². The fourth-order valence-electron chi connectivity index (χ4n) is 2.78. The van der Waals surface area contributed by atoms with E-state index in [9.17, 15) is 23.3 Å². The summed E-state index contributed by atoms with van der Waals surface area (Å²) in [4.78, 5) is 19.7. The summed E-state index contributed by atoms with van der Waals surface area (Å²) in [6, 6.07) is 7.52. The zero-order valence-electron chi connectivity index (χ0n) is 15.9. The van der Waals surface area contributed by atoms with Crippen molar-refractivity contribution in [1.82, 2.24) is 15.0 Å². The van der Waals surface area contributed by atoms with Gasteiger partial charge in [-0.05, 0) is 31.2 Å². The number of fused-ring (bicyclic) bond motifs is 1. The first-order valence-corrected chi connectivity index (χ1v) is 8.60. The Morgan fingerprint density at radius 1 is 1.33 bits per heavy atom. The minimum Gasteiger partial charge on any atom is -0.487 e. The van der Waals surface area contributed by atoms with Crippen molar-refractivity contribution in [2.24, 2.45) is 0 Å². The number of hydroxylamine groups is 1. The van der Waals surface area contributed by atoms with Gasteiger partial charge in [0.05, 0.1) is 40.7 Å². The molecule has 0 saturated heterocycles. The molecule has 8 nitrogen and oxygen atoms in total. The van der Waals surface area contributed by atoms with E-state index in [4.69, 9.17) is 9.57 Å². The molecule has 0 radical (unpaired) electrons. The van der Waals surface area contributed by atoms with Gasteiger partial charge in [0.2, 0.25) is 0 Å². The number of benzene rings is 2. The van der Waals surface area contributed by atoms with Crippen LogP contribution in [-0.2, 0) is 11.0 Å². The maximum atomic E-state index is 12.8. The molecule has 3 rings (SSSR count). The summed E-state index contributed by atoms with van der Waals surface area (Å²) >= 11 is 0. The number of nitro benzene ring substituents is 1. The monoisotopic (exact) mass is 422 g/mol. The standard InChI is InChI=1S/C19H17F3N4O4/c1-12-6-18-16(8-17(12)26(27)28)23-11-25(18)9-14(24-29-2)10-30-15-5-3-4-13(7-15)19(20,21)22/h3-9,11,24H,10H2,1-2H3. The van der Waals surface area contributed by atoms with Crippen molar-refractivity contribution in [1.29, 1.82) is 0 Å². The number of ether oxygens (including phenoxy) is 1. The second kappa shape index (κ2) is 8.41. The Balaban J connectivity index is 1.86. The van der Waals surface area contributed by atoms with Crippen molar-refractivity contribution < 1.29 is 27.7 Å². The highest BCUT2D eigenvalue weighted by Gasteiger charge is 2.30. The molecule has 0 saturated carbocycles. The molecule has 1 heterocycles. The molecule has 2 aromatic carbocycles. The molecule has 0 spiro atoms. The molecule has 0 aliphatic carbocycles. The Morgan fingerprint density at radius 3 is 2.77 bits per heavy atom. The van der Waals surface area contributed by atoms with Crippen LogP contribution < -0.4 is 10.2 Å². The fraction of sp³-hybridized carbons (Fsp3) is 0.211. The highest BCUT2D eigenvalue weighted by molar-refractivity contribution is 5.81. The van der Waals surface area contributed by atoms with Crippen LogP contribution in [0, 0.1) is 17.0 Å². The molecule has 0 atom stereocenters. The Bertz CT molecular complexity index is 1110. The van der Waals surface area contributed by atoms with Crippen LogP contribution in [0.2, 0.25) is 0 Å². The van der Waals surface area contributed by atoms with Crippen LogP contribution in [0.5, 0.6) is 5.75 Å². The maximum Gasteiger partial charge on any atom is 0.416 e. The van der Waals surface area contributed by atoms with Gasteiger partial charge in [0.25, 0.3) is 5.69 Å².